The Morgan fingerprint density at radius 3 is 2.18 bits per heavy atom. The molecular weight excluding hydrogens is 467 g/mol. The van der Waals surface area contributed by atoms with E-state index in [1.54, 1.807) is 0 Å². The first kappa shape index (κ1) is 17.7. The number of benzene rings is 1. The molecule has 0 aliphatic heterocycles. The number of halogens is 3. The fourth-order valence-corrected chi connectivity index (χ4v) is 3.29. The third kappa shape index (κ3) is 4.70. The lowest BCUT2D eigenvalue weighted by Crippen LogP contribution is -2.26. The fraction of sp³-hybridized carbons (Fsp3) is 0.455. The second kappa shape index (κ2) is 7.98. The molecule has 0 spiro atoms. The van der Waals surface area contributed by atoms with Crippen LogP contribution in [0.2, 0.25) is 0 Å². The van der Waals surface area contributed by atoms with Crippen molar-refractivity contribution < 1.29 is 10.2 Å². The Kier molecular flexibility index (Phi) is 8.30. The maximum atomic E-state index is 9.83. The summed E-state index contributed by atoms with van der Waals surface area (Å²) in [6.07, 6.45) is 1.07. The zero-order valence-corrected chi connectivity index (χ0v) is 14.5. The minimum atomic E-state index is -0.527. The van der Waals surface area contributed by atoms with Crippen LogP contribution in [0.1, 0.15) is 31.4 Å². The number of phenols is 1. The van der Waals surface area contributed by atoms with E-state index in [1.165, 1.54) is 0 Å². The van der Waals surface area contributed by atoms with Gasteiger partial charge in [-0.2, -0.15) is 0 Å². The van der Waals surface area contributed by atoms with Crippen LogP contribution in [0.5, 0.6) is 5.75 Å². The lowest BCUT2D eigenvalue weighted by Gasteiger charge is -2.19. The Hall–Kier alpha value is 0.690. The molecule has 1 rings (SSSR count). The molecule has 3 nitrogen and oxygen atoms in total. The minimum Gasteiger partial charge on any atom is -0.506 e. The first-order valence-electron chi connectivity index (χ1n) is 5.09. The summed E-state index contributed by atoms with van der Waals surface area (Å²) in [7, 11) is 0. The van der Waals surface area contributed by atoms with Crippen LogP contribution < -0.4 is 5.73 Å². The average molecular weight is 484 g/mol. The monoisotopic (exact) mass is 483 g/mol. The van der Waals surface area contributed by atoms with Crippen molar-refractivity contribution in [3.8, 4) is 5.75 Å². The molecule has 17 heavy (non-hydrogen) atoms. The predicted molar refractivity (Wildman–Crippen MR) is 88.6 cm³/mol. The summed E-state index contributed by atoms with van der Waals surface area (Å²) in [5, 5.41) is 19.5. The van der Waals surface area contributed by atoms with Gasteiger partial charge in [-0.3, -0.25) is 0 Å². The second-order valence-corrected chi connectivity index (χ2v) is 6.04. The van der Waals surface area contributed by atoms with Crippen LogP contribution in [0, 0.1) is 7.14 Å². The molecule has 1 aromatic rings. The van der Waals surface area contributed by atoms with Gasteiger partial charge in [0.1, 0.15) is 5.75 Å². The third-order valence-corrected chi connectivity index (χ3v) is 4.07. The fourth-order valence-electron chi connectivity index (χ4n) is 1.48. The van der Waals surface area contributed by atoms with Gasteiger partial charge in [-0.1, -0.05) is 13.3 Å². The number of aromatic hydroxyl groups is 1. The second-order valence-electron chi connectivity index (χ2n) is 3.71. The molecule has 0 amide bonds. The molecule has 6 heteroatoms. The van der Waals surface area contributed by atoms with E-state index in [-0.39, 0.29) is 24.2 Å². The number of phenolic OH excluding ortho intramolecular Hbond substituents is 1. The molecular formula is C11H16ClI2NO2. The molecule has 0 unspecified atom stereocenters. The van der Waals surface area contributed by atoms with Crippen LogP contribution in [0.25, 0.3) is 0 Å². The van der Waals surface area contributed by atoms with Crippen molar-refractivity contribution in [2.24, 2.45) is 5.73 Å². The smallest absolute Gasteiger partial charge is 0.142 e. The largest absolute Gasteiger partial charge is 0.506 e. The molecule has 0 fully saturated rings. The van der Waals surface area contributed by atoms with Gasteiger partial charge in [-0.25, -0.2) is 0 Å². The van der Waals surface area contributed by atoms with Crippen LogP contribution in [0.15, 0.2) is 12.1 Å². The van der Waals surface area contributed by atoms with Gasteiger partial charge in [0.2, 0.25) is 0 Å². The Morgan fingerprint density at radius 1 is 1.29 bits per heavy atom. The van der Waals surface area contributed by atoms with E-state index in [9.17, 15) is 10.2 Å². The van der Waals surface area contributed by atoms with Gasteiger partial charge in [0.15, 0.2) is 0 Å². The Labute approximate surface area is 135 Å². The summed E-state index contributed by atoms with van der Waals surface area (Å²) in [6.45, 7) is 2.01. The number of aliphatic hydroxyl groups is 1. The standard InChI is InChI=1S/C11H15I2NO2.ClH/c1-2-3-9(15)10(14)6-4-7(12)11(16)8(13)5-6;/h4-5,9-10,15-16H,2-3,14H2,1H3;1H/t9-,10+;/m1./s1. The maximum Gasteiger partial charge on any atom is 0.142 e. The number of aliphatic hydroxyl groups excluding tert-OH is 1. The molecule has 0 heterocycles. The van der Waals surface area contributed by atoms with Crippen LogP contribution in [0.3, 0.4) is 0 Å². The van der Waals surface area contributed by atoms with Crippen molar-refractivity contribution in [3.05, 3.63) is 24.8 Å². The van der Waals surface area contributed by atoms with Gasteiger partial charge < -0.3 is 15.9 Å². The zero-order valence-electron chi connectivity index (χ0n) is 9.36. The van der Waals surface area contributed by atoms with Crippen LogP contribution in [-0.2, 0) is 0 Å². The lowest BCUT2D eigenvalue weighted by molar-refractivity contribution is 0.134. The topological polar surface area (TPSA) is 66.5 Å². The Balaban J connectivity index is 0.00000256. The van der Waals surface area contributed by atoms with Crippen LogP contribution in [0.4, 0.5) is 0 Å². The van der Waals surface area contributed by atoms with Gasteiger partial charge in [-0.15, -0.1) is 12.4 Å². The molecule has 1 aromatic carbocycles. The highest BCUT2D eigenvalue weighted by Crippen LogP contribution is 2.30. The molecule has 0 radical (unpaired) electrons. The number of nitrogens with two attached hydrogens (primary N) is 1. The zero-order chi connectivity index (χ0) is 12.3. The molecule has 0 aromatic heterocycles. The SMILES string of the molecule is CCC[C@@H](O)[C@@H](N)c1cc(I)c(O)c(I)c1.Cl. The normalized spacial score (nSPS) is 13.9. The van der Waals surface area contributed by atoms with E-state index in [1.807, 2.05) is 19.1 Å². The summed E-state index contributed by atoms with van der Waals surface area (Å²) >= 11 is 4.12. The van der Waals surface area contributed by atoms with Crippen molar-refractivity contribution in [3.63, 3.8) is 0 Å². The molecule has 0 saturated heterocycles. The van der Waals surface area contributed by atoms with E-state index in [0.29, 0.717) is 6.42 Å². The van der Waals surface area contributed by atoms with E-state index in [0.717, 1.165) is 19.1 Å². The molecule has 0 bridgehead atoms. The van der Waals surface area contributed by atoms with E-state index in [2.05, 4.69) is 45.2 Å². The number of hydrogen-bond acceptors (Lipinski definition) is 3. The minimum absolute atomic E-state index is 0. The average Bonchev–Trinajstić information content (AvgIpc) is 2.24. The summed E-state index contributed by atoms with van der Waals surface area (Å²) in [5.41, 5.74) is 6.84. The summed E-state index contributed by atoms with van der Waals surface area (Å²) in [6, 6.07) is 3.26. The number of rotatable bonds is 4. The van der Waals surface area contributed by atoms with Crippen molar-refractivity contribution >= 4 is 57.6 Å². The first-order chi connectivity index (χ1) is 7.47. The van der Waals surface area contributed by atoms with Gasteiger partial charge in [0.25, 0.3) is 0 Å². The van der Waals surface area contributed by atoms with E-state index in [4.69, 9.17) is 5.73 Å². The van der Waals surface area contributed by atoms with Crippen molar-refractivity contribution in [1.82, 2.24) is 0 Å². The van der Waals surface area contributed by atoms with E-state index >= 15 is 0 Å². The van der Waals surface area contributed by atoms with Gasteiger partial charge >= 0.3 is 0 Å². The third-order valence-electron chi connectivity index (χ3n) is 2.42. The highest BCUT2D eigenvalue weighted by molar-refractivity contribution is 14.1. The predicted octanol–water partition coefficient (Wildman–Crippen LogP) is 3.18. The molecule has 0 aliphatic rings. The summed E-state index contributed by atoms with van der Waals surface area (Å²) in [4.78, 5) is 0. The maximum absolute atomic E-state index is 9.83. The van der Waals surface area contributed by atoms with Crippen molar-refractivity contribution in [2.75, 3.05) is 0 Å². The summed E-state index contributed by atoms with van der Waals surface area (Å²) < 4.78 is 1.53. The van der Waals surface area contributed by atoms with Crippen LogP contribution >= 0.6 is 57.6 Å². The highest BCUT2D eigenvalue weighted by Gasteiger charge is 2.18. The highest BCUT2D eigenvalue weighted by atomic mass is 127. The van der Waals surface area contributed by atoms with Gasteiger partial charge in [0, 0.05) is 0 Å². The molecule has 0 aliphatic carbocycles. The molecule has 0 saturated carbocycles. The molecule has 2 atom stereocenters. The van der Waals surface area contributed by atoms with Gasteiger partial charge in [-0.05, 0) is 69.3 Å². The van der Waals surface area contributed by atoms with Gasteiger partial charge in [0.05, 0.1) is 19.3 Å². The quantitative estimate of drug-likeness (QED) is 0.577. The van der Waals surface area contributed by atoms with E-state index < -0.39 is 6.10 Å². The first-order valence-corrected chi connectivity index (χ1v) is 7.24. The lowest BCUT2D eigenvalue weighted by atomic mass is 9.99. The molecule has 4 N–H and O–H groups in total. The molecule has 98 valence electrons. The number of hydrogen-bond donors (Lipinski definition) is 3. The Bertz CT molecular complexity index is 353. The summed E-state index contributed by atoms with van der Waals surface area (Å²) in [5.74, 6) is 0.280. The Morgan fingerprint density at radius 2 is 1.76 bits per heavy atom. The van der Waals surface area contributed by atoms with Crippen LogP contribution in [-0.4, -0.2) is 16.3 Å². The van der Waals surface area contributed by atoms with Crippen molar-refractivity contribution in [1.29, 1.82) is 0 Å². The van der Waals surface area contributed by atoms with Crippen molar-refractivity contribution in [2.45, 2.75) is 31.9 Å².